The number of carbonyl (C=O) groups excluding carboxylic acids is 4. The number of nitrogens with zero attached hydrogens (tertiary/aromatic N) is 3. The lowest BCUT2D eigenvalue weighted by molar-refractivity contribution is -0.123. The van der Waals surface area contributed by atoms with Gasteiger partial charge in [0.15, 0.2) is 0 Å². The summed E-state index contributed by atoms with van der Waals surface area (Å²) in [7, 11) is 4.54. The Morgan fingerprint density at radius 1 is 0.733 bits per heavy atom. The summed E-state index contributed by atoms with van der Waals surface area (Å²) in [5, 5.41) is 5.77. The Morgan fingerprint density at radius 2 is 1.25 bits per heavy atom. The first-order valence-corrected chi connectivity index (χ1v) is 21.1. The normalized spacial score (nSPS) is 13.6. The van der Waals surface area contributed by atoms with E-state index in [1.807, 2.05) is 30.3 Å². The van der Waals surface area contributed by atoms with E-state index in [-0.39, 0.29) is 31.9 Å². The zero-order valence-electron chi connectivity index (χ0n) is 37.6. The molecule has 0 heterocycles. The number of guanidine groups is 1. The minimum absolute atomic E-state index is 0.0102. The molecular formula is C46H65N5O8S. The van der Waals surface area contributed by atoms with Crippen molar-refractivity contribution in [1.29, 1.82) is 0 Å². The van der Waals surface area contributed by atoms with Crippen LogP contribution >= 0.6 is 11.8 Å². The van der Waals surface area contributed by atoms with Crippen LogP contribution < -0.4 is 15.4 Å². The lowest BCUT2D eigenvalue weighted by Gasteiger charge is -2.36. The van der Waals surface area contributed by atoms with Crippen molar-refractivity contribution in [3.8, 4) is 5.75 Å². The molecule has 2 atom stereocenters. The number of alkyl carbamates (subject to hydrolysis) is 1. The largest absolute Gasteiger partial charge is 0.497 e. The molecule has 0 aliphatic carbocycles. The number of amides is 4. The van der Waals surface area contributed by atoms with Crippen molar-refractivity contribution in [3.05, 3.63) is 101 Å². The highest BCUT2D eigenvalue weighted by Gasteiger charge is 2.37. The lowest BCUT2D eigenvalue weighted by atomic mass is 9.83. The molecule has 3 rings (SSSR count). The summed E-state index contributed by atoms with van der Waals surface area (Å²) < 4.78 is 21.6. The summed E-state index contributed by atoms with van der Waals surface area (Å²) in [6.07, 6.45) is -1.92. The van der Waals surface area contributed by atoms with Gasteiger partial charge >= 0.3 is 18.3 Å². The predicted molar refractivity (Wildman–Crippen MR) is 239 cm³/mol. The Hall–Kier alpha value is -5.24. The van der Waals surface area contributed by atoms with E-state index in [0.717, 1.165) is 32.9 Å². The molecule has 0 aliphatic rings. The van der Waals surface area contributed by atoms with Gasteiger partial charge in [0.05, 0.1) is 11.9 Å². The van der Waals surface area contributed by atoms with Gasteiger partial charge in [-0.2, -0.15) is 0 Å². The molecule has 2 N–H and O–H groups in total. The summed E-state index contributed by atoms with van der Waals surface area (Å²) in [5.41, 5.74) is 1.86. The second kappa shape index (κ2) is 21.3. The average Bonchev–Trinajstić information content (AvgIpc) is 3.16. The van der Waals surface area contributed by atoms with Crippen LogP contribution in [0.4, 0.5) is 14.4 Å². The summed E-state index contributed by atoms with van der Waals surface area (Å²) >= 11 is 1.69. The molecule has 0 saturated heterocycles. The first-order chi connectivity index (χ1) is 28.0. The van der Waals surface area contributed by atoms with Gasteiger partial charge in [-0.15, -0.1) is 11.8 Å². The number of hydrogen-bond acceptors (Lipinski definition) is 10. The van der Waals surface area contributed by atoms with Crippen LogP contribution in [0.5, 0.6) is 5.75 Å². The van der Waals surface area contributed by atoms with Crippen LogP contribution in [0.25, 0.3) is 0 Å². The quantitative estimate of drug-likeness (QED) is 0.0534. The summed E-state index contributed by atoms with van der Waals surface area (Å²) in [6, 6.07) is 25.7. The molecule has 0 fully saturated rings. The third kappa shape index (κ3) is 14.8. The Bertz CT molecular complexity index is 1900. The maximum absolute atomic E-state index is 14.0. The Morgan fingerprint density at radius 3 is 1.77 bits per heavy atom. The number of aliphatic imine (C=N–C) groups is 1. The van der Waals surface area contributed by atoms with Gasteiger partial charge in [-0.25, -0.2) is 19.3 Å². The predicted octanol–water partition coefficient (Wildman–Crippen LogP) is 8.91. The number of hydrogen-bond donors (Lipinski definition) is 2. The topological polar surface area (TPSA) is 148 Å². The second-order valence-electron chi connectivity index (χ2n) is 17.3. The average molecular weight is 848 g/mol. The molecule has 0 saturated carbocycles. The first kappa shape index (κ1) is 49.1. The molecular weight excluding hydrogens is 783 g/mol. The molecule has 328 valence electrons. The van der Waals surface area contributed by atoms with Gasteiger partial charge in [-0.1, -0.05) is 72.3 Å². The number of ether oxygens (including phenoxy) is 4. The maximum Gasteiger partial charge on any atom is 0.417 e. The second-order valence-corrected chi connectivity index (χ2v) is 18.6. The molecule has 0 aromatic heterocycles. The molecule has 14 heteroatoms. The Labute approximate surface area is 361 Å². The fraction of sp³-hybridized carbons (Fsp3) is 0.500. The smallest absolute Gasteiger partial charge is 0.417 e. The van der Waals surface area contributed by atoms with E-state index in [1.165, 1.54) is 19.0 Å². The Kier molecular flexibility index (Phi) is 17.5. The molecule has 0 aliphatic heterocycles. The van der Waals surface area contributed by atoms with Gasteiger partial charge in [0.1, 0.15) is 28.6 Å². The van der Waals surface area contributed by atoms with Gasteiger partial charge in [0, 0.05) is 32.9 Å². The first-order valence-electron chi connectivity index (χ1n) is 20.1. The van der Waals surface area contributed by atoms with Gasteiger partial charge in [-0.3, -0.25) is 14.7 Å². The van der Waals surface area contributed by atoms with Crippen LogP contribution in [0.15, 0.2) is 83.9 Å². The van der Waals surface area contributed by atoms with Crippen molar-refractivity contribution in [2.75, 3.05) is 40.0 Å². The molecule has 2 unspecified atom stereocenters. The van der Waals surface area contributed by atoms with E-state index in [4.69, 9.17) is 18.9 Å². The van der Waals surface area contributed by atoms with E-state index in [9.17, 15) is 19.2 Å². The van der Waals surface area contributed by atoms with E-state index in [0.29, 0.717) is 5.75 Å². The molecule has 0 spiro atoms. The number of nitrogens with one attached hydrogen (secondary N) is 2. The zero-order valence-corrected chi connectivity index (χ0v) is 38.5. The van der Waals surface area contributed by atoms with Gasteiger partial charge in [-0.05, 0) is 111 Å². The molecule has 0 radical (unpaired) electrons. The van der Waals surface area contributed by atoms with Crippen molar-refractivity contribution >= 4 is 41.9 Å². The van der Waals surface area contributed by atoms with Crippen LogP contribution in [0.1, 0.15) is 97.4 Å². The van der Waals surface area contributed by atoms with Crippen molar-refractivity contribution < 1.29 is 38.1 Å². The van der Waals surface area contributed by atoms with Gasteiger partial charge in [0.25, 0.3) is 0 Å². The van der Waals surface area contributed by atoms with E-state index >= 15 is 0 Å². The van der Waals surface area contributed by atoms with E-state index < -0.39 is 51.8 Å². The van der Waals surface area contributed by atoms with Crippen LogP contribution in [-0.2, 0) is 23.8 Å². The SMILES string of the molecule is C/N=C(\N(C)C(=O)OC(C)(C)C)N(CCCC(NC(=O)OC(C)(C)C)C(=O)NCCSC(c1ccccc1)(c1ccc(C)cc1)c1ccc(OC)cc1)C(=O)OC(C)(C)C. The maximum atomic E-state index is 14.0. The summed E-state index contributed by atoms with van der Waals surface area (Å²) in [5.74, 6) is 0.807. The molecule has 4 amide bonds. The van der Waals surface area contributed by atoms with Crippen molar-refractivity contribution in [1.82, 2.24) is 20.4 Å². The zero-order chi connectivity index (χ0) is 44.9. The third-order valence-corrected chi connectivity index (χ3v) is 10.3. The lowest BCUT2D eigenvalue weighted by Crippen LogP contribution is -2.52. The highest BCUT2D eigenvalue weighted by Crippen LogP contribution is 2.48. The van der Waals surface area contributed by atoms with Crippen molar-refractivity contribution in [2.24, 2.45) is 4.99 Å². The molecule has 13 nitrogen and oxygen atoms in total. The van der Waals surface area contributed by atoms with E-state index in [1.54, 1.807) is 81.2 Å². The minimum atomic E-state index is -1.03. The van der Waals surface area contributed by atoms with E-state index in [2.05, 4.69) is 71.1 Å². The number of carbonyl (C=O) groups is 4. The molecule has 60 heavy (non-hydrogen) atoms. The number of aryl methyl sites for hydroxylation is 1. The Balaban J connectivity index is 1.89. The third-order valence-electron chi connectivity index (χ3n) is 8.76. The number of rotatable bonds is 14. The van der Waals surface area contributed by atoms with Gasteiger partial charge in [0.2, 0.25) is 11.9 Å². The van der Waals surface area contributed by atoms with Gasteiger partial charge < -0.3 is 29.6 Å². The summed E-state index contributed by atoms with van der Waals surface area (Å²) in [6.45, 7) is 17.9. The fourth-order valence-corrected chi connectivity index (χ4v) is 7.58. The van der Waals surface area contributed by atoms with Crippen molar-refractivity contribution in [2.45, 2.75) is 110 Å². The van der Waals surface area contributed by atoms with Crippen LogP contribution in [0, 0.1) is 6.92 Å². The number of thioether (sulfide) groups is 1. The monoisotopic (exact) mass is 847 g/mol. The molecule has 3 aromatic carbocycles. The highest BCUT2D eigenvalue weighted by molar-refractivity contribution is 8.00. The molecule has 0 bridgehead atoms. The minimum Gasteiger partial charge on any atom is -0.497 e. The van der Waals surface area contributed by atoms with Crippen LogP contribution in [0.2, 0.25) is 0 Å². The van der Waals surface area contributed by atoms with Crippen LogP contribution in [-0.4, -0.2) is 103 Å². The molecule has 3 aromatic rings. The standard InChI is InChI=1S/C46H65N5O8S/c1-32-21-23-34(24-22-32)46(33-18-15-14-16-19-33,35-25-27-36(56-13)28-26-35)60-31-29-48-38(52)37(49-40(53)57-43(2,3)4)20-17-30-51(42(55)59-45(8,9)10)39(47-11)50(12)41(54)58-44(5,6)7/h14-16,18-19,21-28,37H,17,20,29-31H2,1-13H3,(H,48,52)(H,49,53)/b47-39+. The number of benzene rings is 3. The highest BCUT2D eigenvalue weighted by atomic mass is 32.2. The fourth-order valence-electron chi connectivity index (χ4n) is 6.16. The summed E-state index contributed by atoms with van der Waals surface area (Å²) in [4.78, 5) is 60.4. The number of methoxy groups -OCH3 is 1. The van der Waals surface area contributed by atoms with Crippen molar-refractivity contribution in [3.63, 3.8) is 0 Å². The van der Waals surface area contributed by atoms with Crippen LogP contribution in [0.3, 0.4) is 0 Å².